The van der Waals surface area contributed by atoms with Gasteiger partial charge in [0.15, 0.2) is 5.78 Å². The van der Waals surface area contributed by atoms with Crippen LogP contribution >= 0.6 is 0 Å². The highest BCUT2D eigenvalue weighted by molar-refractivity contribution is 6.18. The van der Waals surface area contributed by atoms with Gasteiger partial charge in [0.05, 0.1) is 0 Å². The molecule has 0 unspecified atom stereocenters. The first-order valence-corrected chi connectivity index (χ1v) is 10.4. The van der Waals surface area contributed by atoms with E-state index in [0.29, 0.717) is 6.42 Å². The Bertz CT molecular complexity index is 477. The number of aliphatic hydroxyl groups is 1. The zero-order chi connectivity index (χ0) is 19.0. The molecule has 1 heterocycles. The third kappa shape index (κ3) is 9.79. The molecule has 0 bridgehead atoms. The van der Waals surface area contributed by atoms with Crippen LogP contribution in [0.2, 0.25) is 0 Å². The first-order valence-electron chi connectivity index (χ1n) is 10.4. The van der Waals surface area contributed by atoms with Crippen LogP contribution in [0, 0.1) is 0 Å². The standard InChI is InChI=1S/C22H36O4/c1-2-3-4-5-6-7-8-9-10-11-12-13-14-15-16-17-19(23)21-20(24)18-26-22(21)25/h12-13,24H,2-11,14-18H2,1H3/b13-12-. The lowest BCUT2D eigenvalue weighted by Gasteiger charge is -2.01. The summed E-state index contributed by atoms with van der Waals surface area (Å²) >= 11 is 0. The lowest BCUT2D eigenvalue weighted by Crippen LogP contribution is -2.10. The third-order valence-electron chi connectivity index (χ3n) is 4.78. The minimum absolute atomic E-state index is 0.147. The number of rotatable bonds is 16. The van der Waals surface area contributed by atoms with Crippen LogP contribution in [0.3, 0.4) is 0 Å². The summed E-state index contributed by atoms with van der Waals surface area (Å²) in [7, 11) is 0. The fourth-order valence-corrected chi connectivity index (χ4v) is 3.15. The second-order valence-electron chi connectivity index (χ2n) is 7.16. The predicted molar refractivity (Wildman–Crippen MR) is 105 cm³/mol. The molecule has 0 saturated carbocycles. The molecule has 0 saturated heterocycles. The van der Waals surface area contributed by atoms with Crippen molar-refractivity contribution < 1.29 is 19.4 Å². The molecule has 0 aromatic carbocycles. The minimum Gasteiger partial charge on any atom is -0.508 e. The normalized spacial score (nSPS) is 14.4. The highest BCUT2D eigenvalue weighted by atomic mass is 16.5. The Morgan fingerprint density at radius 2 is 1.46 bits per heavy atom. The number of esters is 1. The SMILES string of the molecule is CCCCCCCCCCC/C=C\CCCCC(=O)C1=C(O)COC1=O. The van der Waals surface area contributed by atoms with Gasteiger partial charge in [0.25, 0.3) is 0 Å². The number of cyclic esters (lactones) is 1. The second kappa shape index (κ2) is 14.6. The van der Waals surface area contributed by atoms with Gasteiger partial charge in [-0.05, 0) is 32.1 Å². The first-order chi connectivity index (χ1) is 12.7. The summed E-state index contributed by atoms with van der Waals surface area (Å²) < 4.78 is 4.63. The topological polar surface area (TPSA) is 63.6 Å². The molecule has 4 nitrogen and oxygen atoms in total. The number of unbranched alkanes of at least 4 members (excludes halogenated alkanes) is 11. The van der Waals surface area contributed by atoms with E-state index in [0.717, 1.165) is 25.7 Å². The Kier molecular flexibility index (Phi) is 12.6. The van der Waals surface area contributed by atoms with Gasteiger partial charge in [-0.3, -0.25) is 4.79 Å². The van der Waals surface area contributed by atoms with Crippen molar-refractivity contribution in [3.8, 4) is 0 Å². The molecule has 1 rings (SSSR count). The van der Waals surface area contributed by atoms with Gasteiger partial charge in [0.1, 0.15) is 17.9 Å². The summed E-state index contributed by atoms with van der Waals surface area (Å²) in [6.07, 6.45) is 20.7. The number of allylic oxidation sites excluding steroid dienone is 2. The van der Waals surface area contributed by atoms with Crippen LogP contribution in [0.15, 0.2) is 23.5 Å². The van der Waals surface area contributed by atoms with Crippen molar-refractivity contribution in [2.24, 2.45) is 0 Å². The van der Waals surface area contributed by atoms with Crippen molar-refractivity contribution in [1.82, 2.24) is 0 Å². The van der Waals surface area contributed by atoms with Gasteiger partial charge in [0.2, 0.25) is 0 Å². The second-order valence-corrected chi connectivity index (χ2v) is 7.16. The van der Waals surface area contributed by atoms with Crippen molar-refractivity contribution in [2.45, 2.75) is 96.8 Å². The molecule has 1 N–H and O–H groups in total. The van der Waals surface area contributed by atoms with Crippen molar-refractivity contribution in [2.75, 3.05) is 6.61 Å². The predicted octanol–water partition coefficient (Wildman–Crippen LogP) is 5.96. The van der Waals surface area contributed by atoms with Gasteiger partial charge in [0, 0.05) is 6.42 Å². The zero-order valence-corrected chi connectivity index (χ0v) is 16.4. The Morgan fingerprint density at radius 3 is 2.00 bits per heavy atom. The molecule has 0 atom stereocenters. The first kappa shape index (κ1) is 22.5. The van der Waals surface area contributed by atoms with Gasteiger partial charge >= 0.3 is 5.97 Å². The number of ether oxygens (including phenoxy) is 1. The quantitative estimate of drug-likeness (QED) is 0.159. The molecule has 4 heteroatoms. The zero-order valence-electron chi connectivity index (χ0n) is 16.4. The number of aliphatic hydroxyl groups excluding tert-OH is 1. The Morgan fingerprint density at radius 1 is 0.923 bits per heavy atom. The smallest absolute Gasteiger partial charge is 0.345 e. The van der Waals surface area contributed by atoms with Crippen LogP contribution in [0.1, 0.15) is 96.8 Å². The van der Waals surface area contributed by atoms with E-state index in [9.17, 15) is 14.7 Å². The third-order valence-corrected chi connectivity index (χ3v) is 4.78. The van der Waals surface area contributed by atoms with Crippen molar-refractivity contribution in [3.05, 3.63) is 23.5 Å². The molecular weight excluding hydrogens is 328 g/mol. The molecule has 0 spiro atoms. The van der Waals surface area contributed by atoms with E-state index in [-0.39, 0.29) is 23.7 Å². The Hall–Kier alpha value is -1.58. The molecule has 1 aliphatic rings. The van der Waals surface area contributed by atoms with E-state index in [1.807, 2.05) is 0 Å². The van der Waals surface area contributed by atoms with Crippen molar-refractivity contribution in [3.63, 3.8) is 0 Å². The molecular formula is C22H36O4. The van der Waals surface area contributed by atoms with E-state index < -0.39 is 5.97 Å². The summed E-state index contributed by atoms with van der Waals surface area (Å²) in [5.74, 6) is -1.21. The summed E-state index contributed by atoms with van der Waals surface area (Å²) in [4.78, 5) is 23.2. The Balaban J connectivity index is 1.90. The molecule has 0 aromatic heterocycles. The van der Waals surface area contributed by atoms with E-state index in [1.165, 1.54) is 57.8 Å². The maximum Gasteiger partial charge on any atom is 0.345 e. The van der Waals surface area contributed by atoms with Crippen molar-refractivity contribution in [1.29, 1.82) is 0 Å². The maximum atomic E-state index is 11.9. The van der Waals surface area contributed by atoms with E-state index in [4.69, 9.17) is 0 Å². The lowest BCUT2D eigenvalue weighted by atomic mass is 10.0. The summed E-state index contributed by atoms with van der Waals surface area (Å²) in [6.45, 7) is 2.09. The molecule has 0 aromatic rings. The van der Waals surface area contributed by atoms with Crippen LogP contribution in [0.25, 0.3) is 0 Å². The van der Waals surface area contributed by atoms with E-state index in [1.54, 1.807) is 0 Å². The molecule has 148 valence electrons. The monoisotopic (exact) mass is 364 g/mol. The van der Waals surface area contributed by atoms with Crippen LogP contribution in [0.5, 0.6) is 0 Å². The number of ketones is 1. The van der Waals surface area contributed by atoms with E-state index >= 15 is 0 Å². The fourth-order valence-electron chi connectivity index (χ4n) is 3.15. The fraction of sp³-hybridized carbons (Fsp3) is 0.727. The van der Waals surface area contributed by atoms with Gasteiger partial charge < -0.3 is 9.84 Å². The molecule has 1 aliphatic heterocycles. The van der Waals surface area contributed by atoms with Gasteiger partial charge in [-0.25, -0.2) is 4.79 Å². The van der Waals surface area contributed by atoms with Crippen LogP contribution in [-0.2, 0) is 14.3 Å². The number of Topliss-reactive ketones (excluding diaryl/α,β-unsaturated/α-hetero) is 1. The van der Waals surface area contributed by atoms with Crippen LogP contribution in [-0.4, -0.2) is 23.5 Å². The number of carbonyl (C=O) groups excluding carboxylic acids is 2. The lowest BCUT2D eigenvalue weighted by molar-refractivity contribution is -0.137. The molecule has 0 aliphatic carbocycles. The van der Waals surface area contributed by atoms with Crippen LogP contribution in [0.4, 0.5) is 0 Å². The maximum absolute atomic E-state index is 11.9. The van der Waals surface area contributed by atoms with Crippen molar-refractivity contribution >= 4 is 11.8 Å². The molecule has 0 amide bonds. The van der Waals surface area contributed by atoms with E-state index in [2.05, 4.69) is 23.8 Å². The summed E-state index contributed by atoms with van der Waals surface area (Å²) in [6, 6.07) is 0. The van der Waals surface area contributed by atoms with Gasteiger partial charge in [-0.1, -0.05) is 70.4 Å². The molecule has 0 radical (unpaired) electrons. The van der Waals surface area contributed by atoms with Crippen LogP contribution < -0.4 is 0 Å². The van der Waals surface area contributed by atoms with Gasteiger partial charge in [-0.15, -0.1) is 0 Å². The number of carbonyl (C=O) groups is 2. The molecule has 26 heavy (non-hydrogen) atoms. The largest absolute Gasteiger partial charge is 0.508 e. The average Bonchev–Trinajstić information content (AvgIpc) is 2.96. The summed E-state index contributed by atoms with van der Waals surface area (Å²) in [5, 5.41) is 9.46. The van der Waals surface area contributed by atoms with Gasteiger partial charge in [-0.2, -0.15) is 0 Å². The molecule has 0 fully saturated rings. The average molecular weight is 365 g/mol. The Labute approximate surface area is 158 Å². The highest BCUT2D eigenvalue weighted by Crippen LogP contribution is 2.17. The summed E-state index contributed by atoms with van der Waals surface area (Å²) in [5.41, 5.74) is -0.147. The number of hydrogen-bond acceptors (Lipinski definition) is 4. The minimum atomic E-state index is -0.687. The highest BCUT2D eigenvalue weighted by Gasteiger charge is 2.29. The number of hydrogen-bond donors (Lipinski definition) is 1.